The lowest BCUT2D eigenvalue weighted by Crippen LogP contribution is -2.12. The van der Waals surface area contributed by atoms with Gasteiger partial charge >= 0.3 is 0 Å². The lowest BCUT2D eigenvalue weighted by molar-refractivity contribution is 0.102. The normalized spacial score (nSPS) is 10.6. The van der Waals surface area contributed by atoms with Crippen molar-refractivity contribution in [1.82, 2.24) is 4.98 Å². The van der Waals surface area contributed by atoms with Crippen molar-refractivity contribution >= 4 is 33.8 Å². The van der Waals surface area contributed by atoms with Crippen molar-refractivity contribution in [2.24, 2.45) is 0 Å². The van der Waals surface area contributed by atoms with Crippen molar-refractivity contribution < 1.29 is 4.79 Å². The Balaban J connectivity index is 1.71. The third kappa shape index (κ3) is 4.06. The second-order valence-corrected chi connectivity index (χ2v) is 7.09. The Hall–Kier alpha value is -2.66. The number of rotatable bonds is 4. The molecule has 2 aromatic carbocycles. The van der Waals surface area contributed by atoms with Gasteiger partial charge in [-0.3, -0.25) is 4.79 Å². The van der Waals surface area contributed by atoms with Crippen LogP contribution in [-0.2, 0) is 0 Å². The molecule has 4 nitrogen and oxygen atoms in total. The molecule has 0 aliphatic heterocycles. The van der Waals surface area contributed by atoms with E-state index in [1.807, 2.05) is 38.1 Å². The van der Waals surface area contributed by atoms with Gasteiger partial charge in [0, 0.05) is 16.8 Å². The van der Waals surface area contributed by atoms with Crippen molar-refractivity contribution in [1.29, 1.82) is 0 Å². The van der Waals surface area contributed by atoms with E-state index in [1.54, 1.807) is 5.38 Å². The van der Waals surface area contributed by atoms with Gasteiger partial charge in [-0.25, -0.2) is 4.98 Å². The maximum Gasteiger partial charge on any atom is 0.275 e. The number of hydrogen-bond donors (Lipinski definition) is 2. The summed E-state index contributed by atoms with van der Waals surface area (Å²) in [6, 6.07) is 12.1. The first-order chi connectivity index (χ1) is 11.9. The zero-order chi connectivity index (χ0) is 18.0. The van der Waals surface area contributed by atoms with Crippen molar-refractivity contribution in [3.05, 3.63) is 69.7 Å². The van der Waals surface area contributed by atoms with Crippen LogP contribution in [0, 0.1) is 27.7 Å². The Labute approximate surface area is 151 Å². The van der Waals surface area contributed by atoms with E-state index in [2.05, 4.69) is 41.6 Å². The first-order valence-electron chi connectivity index (χ1n) is 8.11. The van der Waals surface area contributed by atoms with Gasteiger partial charge in [-0.05, 0) is 62.6 Å². The molecule has 5 heteroatoms. The van der Waals surface area contributed by atoms with Crippen LogP contribution in [0.3, 0.4) is 0 Å². The predicted octanol–water partition coefficient (Wildman–Crippen LogP) is 5.37. The molecule has 0 saturated heterocycles. The highest BCUT2D eigenvalue weighted by molar-refractivity contribution is 7.14. The molecule has 3 rings (SSSR count). The van der Waals surface area contributed by atoms with Crippen LogP contribution in [0.5, 0.6) is 0 Å². The van der Waals surface area contributed by atoms with Crippen molar-refractivity contribution in [2.45, 2.75) is 27.7 Å². The molecule has 1 aromatic heterocycles. The van der Waals surface area contributed by atoms with Gasteiger partial charge in [0.2, 0.25) is 0 Å². The average molecular weight is 351 g/mol. The molecule has 2 N–H and O–H groups in total. The van der Waals surface area contributed by atoms with Gasteiger partial charge in [-0.15, -0.1) is 11.3 Å². The van der Waals surface area contributed by atoms with E-state index in [1.165, 1.54) is 22.5 Å². The molecular formula is C20H21N3OS. The lowest BCUT2D eigenvalue weighted by atomic mass is 10.1. The molecule has 0 spiro atoms. The van der Waals surface area contributed by atoms with Crippen LogP contribution >= 0.6 is 11.3 Å². The van der Waals surface area contributed by atoms with Gasteiger partial charge in [-0.1, -0.05) is 23.8 Å². The van der Waals surface area contributed by atoms with E-state index in [4.69, 9.17) is 0 Å². The molecule has 0 atom stereocenters. The Morgan fingerprint density at radius 1 is 0.960 bits per heavy atom. The molecule has 1 amide bonds. The Morgan fingerprint density at radius 2 is 1.76 bits per heavy atom. The number of benzene rings is 2. The van der Waals surface area contributed by atoms with Gasteiger partial charge in [0.15, 0.2) is 5.13 Å². The van der Waals surface area contributed by atoms with Crippen LogP contribution in [0.2, 0.25) is 0 Å². The minimum absolute atomic E-state index is 0.201. The summed E-state index contributed by atoms with van der Waals surface area (Å²) in [6.07, 6.45) is 0. The number of anilines is 3. The first kappa shape index (κ1) is 17.2. The molecule has 0 saturated carbocycles. The molecule has 25 heavy (non-hydrogen) atoms. The maximum atomic E-state index is 12.4. The molecule has 128 valence electrons. The number of nitrogens with one attached hydrogen (secondary N) is 2. The summed E-state index contributed by atoms with van der Waals surface area (Å²) in [5.74, 6) is -0.201. The van der Waals surface area contributed by atoms with Crippen LogP contribution in [0.1, 0.15) is 32.7 Å². The zero-order valence-electron chi connectivity index (χ0n) is 14.8. The summed E-state index contributed by atoms with van der Waals surface area (Å²) < 4.78 is 0. The number of aryl methyl sites for hydroxylation is 4. The number of aromatic nitrogens is 1. The molecule has 0 aliphatic carbocycles. The average Bonchev–Trinajstić information content (AvgIpc) is 3.02. The van der Waals surface area contributed by atoms with E-state index < -0.39 is 0 Å². The molecule has 0 radical (unpaired) electrons. The van der Waals surface area contributed by atoms with Gasteiger partial charge in [0.05, 0.1) is 0 Å². The van der Waals surface area contributed by atoms with Crippen LogP contribution < -0.4 is 10.6 Å². The number of hydrogen-bond acceptors (Lipinski definition) is 4. The second-order valence-electron chi connectivity index (χ2n) is 6.23. The smallest absolute Gasteiger partial charge is 0.275 e. The predicted molar refractivity (Wildman–Crippen MR) is 105 cm³/mol. The fourth-order valence-corrected chi connectivity index (χ4v) is 3.22. The Bertz CT molecular complexity index is 930. The topological polar surface area (TPSA) is 54.0 Å². The van der Waals surface area contributed by atoms with Gasteiger partial charge < -0.3 is 10.6 Å². The second kappa shape index (κ2) is 7.07. The molecule has 0 fully saturated rings. The fourth-order valence-electron chi connectivity index (χ4n) is 2.52. The Kier molecular flexibility index (Phi) is 4.86. The molecule has 1 heterocycles. The summed E-state index contributed by atoms with van der Waals surface area (Å²) in [6.45, 7) is 8.19. The summed E-state index contributed by atoms with van der Waals surface area (Å²) in [5, 5.41) is 8.65. The number of carbonyl (C=O) groups excluding carboxylic acids is 1. The van der Waals surface area contributed by atoms with E-state index in [-0.39, 0.29) is 5.91 Å². The molecule has 3 aromatic rings. The van der Waals surface area contributed by atoms with Gasteiger partial charge in [0.25, 0.3) is 5.91 Å². The largest absolute Gasteiger partial charge is 0.331 e. The molecular weight excluding hydrogens is 330 g/mol. The van der Waals surface area contributed by atoms with E-state index in [9.17, 15) is 4.79 Å². The summed E-state index contributed by atoms with van der Waals surface area (Å²) in [4.78, 5) is 16.8. The van der Waals surface area contributed by atoms with Crippen LogP contribution in [0.4, 0.5) is 16.5 Å². The fraction of sp³-hybridized carbons (Fsp3) is 0.200. The van der Waals surface area contributed by atoms with Crippen molar-refractivity contribution in [3.63, 3.8) is 0 Å². The highest BCUT2D eigenvalue weighted by Crippen LogP contribution is 2.24. The van der Waals surface area contributed by atoms with Gasteiger partial charge in [0.1, 0.15) is 5.69 Å². The van der Waals surface area contributed by atoms with Crippen molar-refractivity contribution in [2.75, 3.05) is 10.6 Å². The SMILES string of the molecule is Cc1ccc(Nc2nc(C(=O)Nc3ccc(C)c(C)c3)cs2)c(C)c1. The Morgan fingerprint density at radius 3 is 2.48 bits per heavy atom. The number of carbonyl (C=O) groups is 1. The quantitative estimate of drug-likeness (QED) is 0.664. The molecule has 0 bridgehead atoms. The first-order valence-corrected chi connectivity index (χ1v) is 8.99. The maximum absolute atomic E-state index is 12.4. The van der Waals surface area contributed by atoms with E-state index >= 15 is 0 Å². The van der Waals surface area contributed by atoms with E-state index in [0.717, 1.165) is 22.5 Å². The third-order valence-electron chi connectivity index (χ3n) is 4.13. The highest BCUT2D eigenvalue weighted by atomic mass is 32.1. The standard InChI is InChI=1S/C20H21N3OS/c1-12-5-8-17(15(4)9-12)22-20-23-18(11-25-20)19(24)21-16-7-6-13(2)14(3)10-16/h5-11H,1-4H3,(H,21,24)(H,22,23). The zero-order valence-corrected chi connectivity index (χ0v) is 15.6. The number of amides is 1. The van der Waals surface area contributed by atoms with Crippen molar-refractivity contribution in [3.8, 4) is 0 Å². The van der Waals surface area contributed by atoms with Crippen LogP contribution in [0.15, 0.2) is 41.8 Å². The highest BCUT2D eigenvalue weighted by Gasteiger charge is 2.12. The minimum atomic E-state index is -0.201. The molecule has 0 unspecified atom stereocenters. The summed E-state index contributed by atoms with van der Waals surface area (Å²) in [7, 11) is 0. The van der Waals surface area contributed by atoms with E-state index in [0.29, 0.717) is 10.8 Å². The monoisotopic (exact) mass is 351 g/mol. The lowest BCUT2D eigenvalue weighted by Gasteiger charge is -2.07. The summed E-state index contributed by atoms with van der Waals surface area (Å²) >= 11 is 1.42. The van der Waals surface area contributed by atoms with Gasteiger partial charge in [-0.2, -0.15) is 0 Å². The molecule has 0 aliphatic rings. The summed E-state index contributed by atoms with van der Waals surface area (Å²) in [5.41, 5.74) is 6.91. The third-order valence-corrected chi connectivity index (χ3v) is 4.88. The van der Waals surface area contributed by atoms with Crippen LogP contribution in [0.25, 0.3) is 0 Å². The number of thiazole rings is 1. The minimum Gasteiger partial charge on any atom is -0.331 e. The number of nitrogens with zero attached hydrogens (tertiary/aromatic N) is 1. The van der Waals surface area contributed by atoms with Crippen LogP contribution in [-0.4, -0.2) is 10.9 Å².